The molecule has 0 saturated heterocycles. The maximum absolute atomic E-state index is 12.7. The van der Waals surface area contributed by atoms with Gasteiger partial charge in [0.25, 0.3) is 0 Å². The van der Waals surface area contributed by atoms with E-state index in [1.165, 1.54) is 44.7 Å². The monoisotopic (exact) mass is 368 g/mol. The summed E-state index contributed by atoms with van der Waals surface area (Å²) in [6, 6.07) is 4.27. The lowest BCUT2D eigenvalue weighted by Crippen LogP contribution is -2.05. The summed E-state index contributed by atoms with van der Waals surface area (Å²) in [5, 5.41) is 6.78. The SMILES string of the molecule is CCCCCCCCCCOc1cccnc1-c1cc(C(F)(F)F)n[n-]1. The van der Waals surface area contributed by atoms with E-state index in [9.17, 15) is 13.2 Å². The summed E-state index contributed by atoms with van der Waals surface area (Å²) >= 11 is 0. The zero-order chi connectivity index (χ0) is 18.8. The number of pyridine rings is 1. The van der Waals surface area contributed by atoms with Crippen LogP contribution in [0.3, 0.4) is 0 Å². The van der Waals surface area contributed by atoms with Crippen molar-refractivity contribution in [2.24, 2.45) is 0 Å². The second kappa shape index (κ2) is 10.2. The molecule has 0 atom stereocenters. The minimum atomic E-state index is -4.52. The molecule has 7 heteroatoms. The molecule has 0 aliphatic rings. The molecule has 0 saturated carbocycles. The van der Waals surface area contributed by atoms with Gasteiger partial charge in [0.15, 0.2) is 0 Å². The number of unbranched alkanes of at least 4 members (excludes halogenated alkanes) is 7. The van der Waals surface area contributed by atoms with E-state index >= 15 is 0 Å². The molecule has 26 heavy (non-hydrogen) atoms. The number of ether oxygens (including phenoxy) is 1. The number of hydrogen-bond acceptors (Lipinski definition) is 3. The fraction of sp³-hybridized carbons (Fsp3) is 0.579. The first-order valence-corrected chi connectivity index (χ1v) is 9.18. The summed E-state index contributed by atoms with van der Waals surface area (Å²) in [5.74, 6) is 0.434. The van der Waals surface area contributed by atoms with Crippen LogP contribution in [0.25, 0.3) is 11.4 Å². The molecule has 0 unspecified atom stereocenters. The Bertz CT molecular complexity index is 655. The quantitative estimate of drug-likeness (QED) is 0.482. The molecule has 0 fully saturated rings. The zero-order valence-electron chi connectivity index (χ0n) is 15.1. The summed E-state index contributed by atoms with van der Waals surface area (Å²) in [5.41, 5.74) is -0.661. The van der Waals surface area contributed by atoms with Crippen molar-refractivity contribution in [2.75, 3.05) is 6.61 Å². The van der Waals surface area contributed by atoms with Gasteiger partial charge in [-0.3, -0.25) is 4.98 Å². The first kappa shape index (κ1) is 20.3. The topological polar surface area (TPSA) is 49.1 Å². The van der Waals surface area contributed by atoms with Crippen molar-refractivity contribution in [2.45, 2.75) is 64.5 Å². The fourth-order valence-electron chi connectivity index (χ4n) is 2.67. The Labute approximate surface area is 152 Å². The maximum atomic E-state index is 12.7. The Morgan fingerprint density at radius 2 is 1.73 bits per heavy atom. The van der Waals surface area contributed by atoms with E-state index in [1.807, 2.05) is 0 Å². The maximum Gasteiger partial charge on any atom is 0.431 e. The van der Waals surface area contributed by atoms with Crippen molar-refractivity contribution < 1.29 is 17.9 Å². The lowest BCUT2D eigenvalue weighted by atomic mass is 10.1. The number of nitrogens with zero attached hydrogens (tertiary/aromatic N) is 3. The molecule has 0 N–H and O–H groups in total. The van der Waals surface area contributed by atoms with Gasteiger partial charge in [0, 0.05) is 6.20 Å². The van der Waals surface area contributed by atoms with Crippen LogP contribution in [0.1, 0.15) is 64.0 Å². The van der Waals surface area contributed by atoms with Gasteiger partial charge in [0.2, 0.25) is 0 Å². The molecule has 0 aromatic carbocycles. The highest BCUT2D eigenvalue weighted by molar-refractivity contribution is 5.62. The van der Waals surface area contributed by atoms with Crippen molar-refractivity contribution in [1.29, 1.82) is 0 Å². The molecule has 2 aromatic heterocycles. The summed E-state index contributed by atoms with van der Waals surface area (Å²) in [6.45, 7) is 2.71. The molecule has 0 amide bonds. The Hall–Kier alpha value is -2.05. The number of hydrogen-bond donors (Lipinski definition) is 0. The van der Waals surface area contributed by atoms with Gasteiger partial charge in [-0.2, -0.15) is 13.2 Å². The molecule has 2 rings (SSSR count). The van der Waals surface area contributed by atoms with Gasteiger partial charge < -0.3 is 14.9 Å². The van der Waals surface area contributed by atoms with Gasteiger partial charge in [0.05, 0.1) is 12.3 Å². The van der Waals surface area contributed by atoms with E-state index in [0.717, 1.165) is 18.9 Å². The van der Waals surface area contributed by atoms with Crippen LogP contribution in [0.15, 0.2) is 24.4 Å². The normalized spacial score (nSPS) is 11.7. The Morgan fingerprint density at radius 1 is 1.04 bits per heavy atom. The summed E-state index contributed by atoms with van der Waals surface area (Å²) in [7, 11) is 0. The largest absolute Gasteiger partial charge is 0.573 e. The first-order valence-electron chi connectivity index (χ1n) is 9.18. The van der Waals surface area contributed by atoms with Gasteiger partial charge in [-0.25, -0.2) is 0 Å². The number of rotatable bonds is 11. The van der Waals surface area contributed by atoms with Crippen molar-refractivity contribution in [1.82, 2.24) is 15.2 Å². The summed E-state index contributed by atoms with van der Waals surface area (Å²) < 4.78 is 43.8. The highest BCUT2D eigenvalue weighted by atomic mass is 19.4. The number of aromatic nitrogens is 3. The second-order valence-corrected chi connectivity index (χ2v) is 6.29. The second-order valence-electron chi connectivity index (χ2n) is 6.29. The van der Waals surface area contributed by atoms with E-state index in [2.05, 4.69) is 22.1 Å². The molecule has 0 aliphatic heterocycles. The molecule has 0 bridgehead atoms. The summed E-state index contributed by atoms with van der Waals surface area (Å²) in [6.07, 6.45) is 6.51. The smallest absolute Gasteiger partial charge is 0.431 e. The van der Waals surface area contributed by atoms with Gasteiger partial charge >= 0.3 is 6.18 Å². The predicted molar refractivity (Wildman–Crippen MR) is 93.9 cm³/mol. The van der Waals surface area contributed by atoms with E-state index in [4.69, 9.17) is 4.74 Å². The van der Waals surface area contributed by atoms with Crippen molar-refractivity contribution >= 4 is 0 Å². The predicted octanol–water partition coefficient (Wildman–Crippen LogP) is 5.64. The molecule has 0 radical (unpaired) electrons. The zero-order valence-corrected chi connectivity index (χ0v) is 15.1. The van der Waals surface area contributed by atoms with Crippen molar-refractivity contribution in [3.05, 3.63) is 30.1 Å². The third-order valence-corrected chi connectivity index (χ3v) is 4.10. The molecule has 2 aromatic rings. The standard InChI is InChI=1S/C19H25F3N3O/c1-2-3-4-5-6-7-8-9-13-26-16-11-10-12-23-18(16)15-14-17(25-24-15)19(20,21)22/h10-12,14H,2-9,13H2,1H3/q-1. The molecule has 2 heterocycles. The minimum Gasteiger partial charge on any atom is -0.573 e. The van der Waals surface area contributed by atoms with E-state index < -0.39 is 11.9 Å². The average Bonchev–Trinajstić information content (AvgIpc) is 3.11. The lowest BCUT2D eigenvalue weighted by Gasteiger charge is -2.12. The fourth-order valence-corrected chi connectivity index (χ4v) is 2.67. The van der Waals surface area contributed by atoms with Crippen LogP contribution in [-0.4, -0.2) is 16.7 Å². The lowest BCUT2D eigenvalue weighted by molar-refractivity contribution is -0.141. The van der Waals surface area contributed by atoms with Gasteiger partial charge in [-0.15, -0.1) is 0 Å². The Kier molecular flexibility index (Phi) is 7.94. The van der Waals surface area contributed by atoms with Crippen LogP contribution in [0, 0.1) is 0 Å². The molecule has 0 spiro atoms. The first-order chi connectivity index (χ1) is 12.5. The van der Waals surface area contributed by atoms with Crippen molar-refractivity contribution in [3.8, 4) is 17.1 Å². The molecule has 0 aliphatic carbocycles. The molecule has 144 valence electrons. The number of alkyl halides is 3. The molecular formula is C19H25F3N3O-. The molecular weight excluding hydrogens is 343 g/mol. The van der Waals surface area contributed by atoms with Crippen LogP contribution < -0.4 is 9.84 Å². The van der Waals surface area contributed by atoms with E-state index in [-0.39, 0.29) is 11.4 Å². The minimum absolute atomic E-state index is 0.0730. The highest BCUT2D eigenvalue weighted by Gasteiger charge is 2.31. The van der Waals surface area contributed by atoms with E-state index in [1.54, 1.807) is 12.1 Å². The van der Waals surface area contributed by atoms with Crippen LogP contribution >= 0.6 is 0 Å². The van der Waals surface area contributed by atoms with E-state index in [0.29, 0.717) is 12.4 Å². The van der Waals surface area contributed by atoms with Gasteiger partial charge in [-0.1, -0.05) is 57.6 Å². The van der Waals surface area contributed by atoms with Crippen LogP contribution in [-0.2, 0) is 6.18 Å². The van der Waals surface area contributed by atoms with Gasteiger partial charge in [0.1, 0.15) is 11.4 Å². The van der Waals surface area contributed by atoms with Crippen LogP contribution in [0.5, 0.6) is 5.75 Å². The third-order valence-electron chi connectivity index (χ3n) is 4.10. The van der Waals surface area contributed by atoms with Crippen LogP contribution in [0.2, 0.25) is 0 Å². The van der Waals surface area contributed by atoms with Gasteiger partial charge in [-0.05, 0) is 24.6 Å². The van der Waals surface area contributed by atoms with Crippen molar-refractivity contribution in [3.63, 3.8) is 0 Å². The Balaban J connectivity index is 1.81. The molecule has 4 nitrogen and oxygen atoms in total. The Morgan fingerprint density at radius 3 is 2.38 bits per heavy atom. The van der Waals surface area contributed by atoms with Crippen LogP contribution in [0.4, 0.5) is 13.2 Å². The number of halogens is 3. The third kappa shape index (κ3) is 6.35. The summed E-state index contributed by atoms with van der Waals surface area (Å²) in [4.78, 5) is 4.11. The highest BCUT2D eigenvalue weighted by Crippen LogP contribution is 2.32. The average molecular weight is 368 g/mol.